The molecule has 0 aliphatic heterocycles. The molecule has 90 valence electrons. The van der Waals surface area contributed by atoms with Gasteiger partial charge in [-0.2, -0.15) is 0 Å². The monoisotopic (exact) mass is 230 g/mol. The van der Waals surface area contributed by atoms with E-state index in [0.29, 0.717) is 12.3 Å². The zero-order chi connectivity index (χ0) is 12.6. The molecule has 0 unspecified atom stereocenters. The number of hydrogen-bond acceptors (Lipinski definition) is 2. The number of Topliss-reactive ketones (excluding diaryl/α,β-unsaturated/α-hetero) is 1. The first-order valence-electron chi connectivity index (χ1n) is 6.10. The van der Waals surface area contributed by atoms with Gasteiger partial charge in [-0.25, -0.2) is 0 Å². The van der Waals surface area contributed by atoms with Crippen molar-refractivity contribution in [1.82, 2.24) is 0 Å². The standard InChI is InChI=1S/C15H18O2/c1-9(2)11-4-5-12(8-16)14-7-15(17)10(3)13(14)6-11/h8,11H,1,4-7H2,2-3H3/t11-/m1/s1. The molecule has 1 atom stereocenters. The fourth-order valence-electron chi connectivity index (χ4n) is 2.76. The van der Waals surface area contributed by atoms with Crippen LogP contribution in [0.2, 0.25) is 0 Å². The number of fused-ring (bicyclic) bond motifs is 1. The summed E-state index contributed by atoms with van der Waals surface area (Å²) in [5.41, 5.74) is 4.95. The van der Waals surface area contributed by atoms with Gasteiger partial charge in [-0.05, 0) is 61.3 Å². The summed E-state index contributed by atoms with van der Waals surface area (Å²) in [7, 11) is 0. The molecule has 2 rings (SSSR count). The highest BCUT2D eigenvalue weighted by atomic mass is 16.1. The molecule has 0 heterocycles. The summed E-state index contributed by atoms with van der Waals surface area (Å²) in [6.07, 6.45) is 3.98. The first-order chi connectivity index (χ1) is 8.04. The van der Waals surface area contributed by atoms with Crippen LogP contribution in [0.5, 0.6) is 0 Å². The average molecular weight is 230 g/mol. The van der Waals surface area contributed by atoms with Crippen LogP contribution in [0.4, 0.5) is 0 Å². The average Bonchev–Trinajstić information content (AvgIpc) is 2.50. The van der Waals surface area contributed by atoms with Crippen LogP contribution in [0.25, 0.3) is 0 Å². The lowest BCUT2D eigenvalue weighted by molar-refractivity contribution is -0.114. The number of rotatable bonds is 2. The highest BCUT2D eigenvalue weighted by molar-refractivity contribution is 6.03. The van der Waals surface area contributed by atoms with E-state index in [0.717, 1.165) is 53.4 Å². The van der Waals surface area contributed by atoms with Crippen molar-refractivity contribution in [1.29, 1.82) is 0 Å². The second kappa shape index (κ2) is 4.44. The molecular formula is C15H18O2. The third-order valence-corrected chi connectivity index (χ3v) is 4.01. The first kappa shape index (κ1) is 12.0. The maximum Gasteiger partial charge on any atom is 0.163 e. The molecule has 0 fully saturated rings. The Morgan fingerprint density at radius 1 is 1.41 bits per heavy atom. The molecule has 17 heavy (non-hydrogen) atoms. The van der Waals surface area contributed by atoms with Crippen molar-refractivity contribution >= 4 is 12.1 Å². The van der Waals surface area contributed by atoms with E-state index in [1.165, 1.54) is 0 Å². The molecule has 0 aromatic carbocycles. The van der Waals surface area contributed by atoms with Crippen molar-refractivity contribution in [2.45, 2.75) is 39.5 Å². The van der Waals surface area contributed by atoms with Gasteiger partial charge in [0, 0.05) is 6.42 Å². The zero-order valence-electron chi connectivity index (χ0n) is 10.5. The van der Waals surface area contributed by atoms with Crippen LogP contribution in [0.15, 0.2) is 34.4 Å². The number of carbonyl (C=O) groups excluding carboxylic acids is 2. The summed E-state index contributed by atoms with van der Waals surface area (Å²) >= 11 is 0. The summed E-state index contributed by atoms with van der Waals surface area (Å²) < 4.78 is 0. The highest BCUT2D eigenvalue weighted by Gasteiger charge is 2.31. The summed E-state index contributed by atoms with van der Waals surface area (Å²) in [5.74, 6) is 0.579. The molecule has 0 N–H and O–H groups in total. The minimum Gasteiger partial charge on any atom is -0.298 e. The minimum absolute atomic E-state index is 0.178. The van der Waals surface area contributed by atoms with Gasteiger partial charge in [0.2, 0.25) is 0 Å². The van der Waals surface area contributed by atoms with E-state index in [1.807, 2.05) is 13.8 Å². The van der Waals surface area contributed by atoms with E-state index in [-0.39, 0.29) is 5.78 Å². The predicted octanol–water partition coefficient (Wildman–Crippen LogP) is 3.15. The molecule has 0 spiro atoms. The lowest BCUT2D eigenvalue weighted by Crippen LogP contribution is -2.02. The number of allylic oxidation sites excluding steroid dienone is 5. The molecular weight excluding hydrogens is 212 g/mol. The Labute approximate surface area is 102 Å². The van der Waals surface area contributed by atoms with E-state index in [1.54, 1.807) is 0 Å². The Balaban J connectivity index is 2.46. The van der Waals surface area contributed by atoms with E-state index in [2.05, 4.69) is 6.58 Å². The first-order valence-corrected chi connectivity index (χ1v) is 6.10. The SMILES string of the molecule is C=C(C)[C@@H]1CCC(C=O)=C2CC(=O)C(C)=C2C1. The van der Waals surface area contributed by atoms with Crippen molar-refractivity contribution in [2.24, 2.45) is 5.92 Å². The van der Waals surface area contributed by atoms with Crippen molar-refractivity contribution in [3.05, 3.63) is 34.4 Å². The van der Waals surface area contributed by atoms with Gasteiger partial charge >= 0.3 is 0 Å². The maximum atomic E-state index is 11.8. The van der Waals surface area contributed by atoms with E-state index >= 15 is 0 Å². The summed E-state index contributed by atoms with van der Waals surface area (Å²) in [4.78, 5) is 22.9. The second-order valence-electron chi connectivity index (χ2n) is 5.11. The van der Waals surface area contributed by atoms with E-state index < -0.39 is 0 Å². The van der Waals surface area contributed by atoms with Crippen molar-refractivity contribution in [3.63, 3.8) is 0 Å². The predicted molar refractivity (Wildman–Crippen MR) is 67.6 cm³/mol. The fraction of sp³-hybridized carbons (Fsp3) is 0.467. The van der Waals surface area contributed by atoms with Gasteiger partial charge in [0.05, 0.1) is 0 Å². The van der Waals surface area contributed by atoms with Crippen LogP contribution in [-0.2, 0) is 9.59 Å². The Bertz CT molecular complexity index is 463. The maximum absolute atomic E-state index is 11.8. The molecule has 2 aliphatic carbocycles. The van der Waals surface area contributed by atoms with Crippen LogP contribution >= 0.6 is 0 Å². The molecule has 0 aromatic heterocycles. The van der Waals surface area contributed by atoms with Crippen molar-refractivity contribution < 1.29 is 9.59 Å². The van der Waals surface area contributed by atoms with Gasteiger partial charge in [0.25, 0.3) is 0 Å². The van der Waals surface area contributed by atoms with Gasteiger partial charge in [0.1, 0.15) is 6.29 Å². The summed E-state index contributed by atoms with van der Waals surface area (Å²) in [6, 6.07) is 0. The number of hydrogen-bond donors (Lipinski definition) is 0. The molecule has 2 nitrogen and oxygen atoms in total. The lowest BCUT2D eigenvalue weighted by Gasteiger charge is -2.15. The zero-order valence-corrected chi connectivity index (χ0v) is 10.5. The van der Waals surface area contributed by atoms with E-state index in [4.69, 9.17) is 0 Å². The molecule has 0 radical (unpaired) electrons. The Morgan fingerprint density at radius 2 is 2.12 bits per heavy atom. The smallest absolute Gasteiger partial charge is 0.163 e. The van der Waals surface area contributed by atoms with Crippen LogP contribution in [0.3, 0.4) is 0 Å². The summed E-state index contributed by atoms with van der Waals surface area (Å²) in [6.45, 7) is 7.93. The molecule has 2 aliphatic rings. The molecule has 0 bridgehead atoms. The highest BCUT2D eigenvalue weighted by Crippen LogP contribution is 2.41. The van der Waals surface area contributed by atoms with Crippen molar-refractivity contribution in [2.75, 3.05) is 0 Å². The fourth-order valence-corrected chi connectivity index (χ4v) is 2.76. The Hall–Kier alpha value is -1.44. The van der Waals surface area contributed by atoms with Gasteiger partial charge in [-0.15, -0.1) is 0 Å². The lowest BCUT2D eigenvalue weighted by atomic mass is 9.90. The van der Waals surface area contributed by atoms with Gasteiger partial charge in [-0.1, -0.05) is 12.2 Å². The Morgan fingerprint density at radius 3 is 2.71 bits per heavy atom. The third kappa shape index (κ3) is 2.04. The quantitative estimate of drug-likeness (QED) is 0.539. The largest absolute Gasteiger partial charge is 0.298 e. The molecule has 0 amide bonds. The van der Waals surface area contributed by atoms with E-state index in [9.17, 15) is 9.59 Å². The molecule has 0 saturated carbocycles. The number of aldehydes is 1. The van der Waals surface area contributed by atoms with Gasteiger partial charge < -0.3 is 0 Å². The molecule has 2 heteroatoms. The van der Waals surface area contributed by atoms with Crippen LogP contribution in [-0.4, -0.2) is 12.1 Å². The van der Waals surface area contributed by atoms with Gasteiger partial charge in [-0.3, -0.25) is 9.59 Å². The van der Waals surface area contributed by atoms with Crippen LogP contribution in [0.1, 0.15) is 39.5 Å². The van der Waals surface area contributed by atoms with Crippen LogP contribution in [0, 0.1) is 5.92 Å². The van der Waals surface area contributed by atoms with Gasteiger partial charge in [0.15, 0.2) is 5.78 Å². The second-order valence-corrected chi connectivity index (χ2v) is 5.11. The molecule has 0 aromatic rings. The number of ketones is 1. The Kier molecular flexibility index (Phi) is 3.14. The summed E-state index contributed by atoms with van der Waals surface area (Å²) in [5, 5.41) is 0. The number of carbonyl (C=O) groups is 2. The van der Waals surface area contributed by atoms with Crippen LogP contribution < -0.4 is 0 Å². The molecule has 0 saturated heterocycles. The topological polar surface area (TPSA) is 34.1 Å². The third-order valence-electron chi connectivity index (χ3n) is 4.01. The minimum atomic E-state index is 0.178. The van der Waals surface area contributed by atoms with Crippen molar-refractivity contribution in [3.8, 4) is 0 Å². The normalized spacial score (nSPS) is 24.8.